The van der Waals surface area contributed by atoms with Crippen molar-refractivity contribution in [2.45, 2.75) is 53.0 Å². The fourth-order valence-corrected chi connectivity index (χ4v) is 4.28. The Morgan fingerprint density at radius 3 is 2.37 bits per heavy atom. The predicted molar refractivity (Wildman–Crippen MR) is 125 cm³/mol. The molecule has 162 valence electrons. The van der Waals surface area contributed by atoms with Crippen LogP contribution in [0.25, 0.3) is 0 Å². The van der Waals surface area contributed by atoms with E-state index in [2.05, 4.69) is 74.1 Å². The van der Waals surface area contributed by atoms with Crippen LogP contribution in [0.2, 0.25) is 0 Å². The van der Waals surface area contributed by atoms with Crippen LogP contribution in [0.15, 0.2) is 42.6 Å². The van der Waals surface area contributed by atoms with E-state index in [1.165, 1.54) is 11.3 Å². The first-order valence-electron chi connectivity index (χ1n) is 11.2. The number of pyridine rings is 1. The van der Waals surface area contributed by atoms with Crippen LogP contribution in [0.4, 0.5) is 11.5 Å². The molecule has 1 atom stereocenters. The Morgan fingerprint density at radius 1 is 1.00 bits per heavy atom. The van der Waals surface area contributed by atoms with E-state index in [0.29, 0.717) is 23.2 Å². The van der Waals surface area contributed by atoms with Gasteiger partial charge in [0.2, 0.25) is 0 Å². The minimum atomic E-state index is 0.0686. The molecule has 1 aliphatic rings. The number of carbonyl (C=O) groups excluding carboxylic acids is 1. The highest BCUT2D eigenvalue weighted by Crippen LogP contribution is 2.28. The number of hydrogen-bond acceptors (Lipinski definition) is 4. The standard InChI is InChI=1S/C25H36N4O/c1-18(2)17-20(5)27-24-22(10-8-12-26-24)25(30)29-15-13-28(14-16-29)23-11-7-6-9-21(23)19(3)4/h6-12,18-20H,13-17H2,1-5H3,(H,26,27). The molecule has 0 radical (unpaired) electrons. The van der Waals surface area contributed by atoms with Crippen LogP contribution in [0.3, 0.4) is 0 Å². The first-order valence-corrected chi connectivity index (χ1v) is 11.2. The zero-order valence-corrected chi connectivity index (χ0v) is 19.1. The van der Waals surface area contributed by atoms with Crippen molar-refractivity contribution >= 4 is 17.4 Å². The molecule has 3 rings (SSSR count). The van der Waals surface area contributed by atoms with E-state index in [0.717, 1.165) is 32.6 Å². The zero-order valence-electron chi connectivity index (χ0n) is 19.1. The molecule has 0 spiro atoms. The summed E-state index contributed by atoms with van der Waals surface area (Å²) in [5.74, 6) is 1.84. The molecular formula is C25H36N4O. The normalized spacial score (nSPS) is 15.6. The summed E-state index contributed by atoms with van der Waals surface area (Å²) >= 11 is 0. The number of para-hydroxylation sites is 1. The Kier molecular flexibility index (Phi) is 7.35. The summed E-state index contributed by atoms with van der Waals surface area (Å²) in [7, 11) is 0. The first kappa shape index (κ1) is 22.1. The number of benzene rings is 1. The Morgan fingerprint density at radius 2 is 1.70 bits per heavy atom. The van der Waals surface area contributed by atoms with Crippen LogP contribution >= 0.6 is 0 Å². The number of piperazine rings is 1. The molecule has 30 heavy (non-hydrogen) atoms. The molecule has 1 aromatic heterocycles. The highest BCUT2D eigenvalue weighted by molar-refractivity contribution is 5.98. The second-order valence-corrected chi connectivity index (χ2v) is 9.07. The highest BCUT2D eigenvalue weighted by Gasteiger charge is 2.26. The van der Waals surface area contributed by atoms with E-state index in [1.54, 1.807) is 6.20 Å². The predicted octanol–water partition coefficient (Wildman–Crippen LogP) is 5.01. The maximum atomic E-state index is 13.3. The molecule has 5 heteroatoms. The zero-order chi connectivity index (χ0) is 21.7. The quantitative estimate of drug-likeness (QED) is 0.699. The topological polar surface area (TPSA) is 48.5 Å². The molecule has 1 saturated heterocycles. The van der Waals surface area contributed by atoms with Gasteiger partial charge in [-0.2, -0.15) is 0 Å². The van der Waals surface area contributed by atoms with Crippen molar-refractivity contribution in [1.29, 1.82) is 0 Å². The number of carbonyl (C=O) groups is 1. The SMILES string of the molecule is CC(C)CC(C)Nc1ncccc1C(=O)N1CCN(c2ccccc2C(C)C)CC1. The molecule has 1 aromatic carbocycles. The second-order valence-electron chi connectivity index (χ2n) is 9.07. The molecule has 2 aromatic rings. The van der Waals surface area contributed by atoms with Crippen LogP contribution < -0.4 is 10.2 Å². The van der Waals surface area contributed by atoms with Gasteiger partial charge in [-0.05, 0) is 48.9 Å². The van der Waals surface area contributed by atoms with Crippen molar-refractivity contribution in [2.75, 3.05) is 36.4 Å². The van der Waals surface area contributed by atoms with Crippen molar-refractivity contribution in [3.8, 4) is 0 Å². The molecule has 1 amide bonds. The summed E-state index contributed by atoms with van der Waals surface area (Å²) in [5, 5.41) is 3.45. The molecule has 1 unspecified atom stereocenters. The molecular weight excluding hydrogens is 372 g/mol. The second kappa shape index (κ2) is 9.96. The van der Waals surface area contributed by atoms with Crippen molar-refractivity contribution in [2.24, 2.45) is 5.92 Å². The van der Waals surface area contributed by atoms with Crippen molar-refractivity contribution in [3.05, 3.63) is 53.7 Å². The maximum Gasteiger partial charge on any atom is 0.257 e. The number of nitrogens with one attached hydrogen (secondary N) is 1. The molecule has 5 nitrogen and oxygen atoms in total. The summed E-state index contributed by atoms with van der Waals surface area (Å²) in [4.78, 5) is 22.1. The van der Waals surface area contributed by atoms with Crippen LogP contribution in [0, 0.1) is 5.92 Å². The Hall–Kier alpha value is -2.56. The average Bonchev–Trinajstić information content (AvgIpc) is 2.73. The van der Waals surface area contributed by atoms with Gasteiger partial charge in [0.1, 0.15) is 5.82 Å². The van der Waals surface area contributed by atoms with Gasteiger partial charge in [0.25, 0.3) is 5.91 Å². The smallest absolute Gasteiger partial charge is 0.257 e. The van der Waals surface area contributed by atoms with Gasteiger partial charge in [-0.15, -0.1) is 0 Å². The van der Waals surface area contributed by atoms with Gasteiger partial charge in [-0.25, -0.2) is 4.98 Å². The first-order chi connectivity index (χ1) is 14.4. The molecule has 0 bridgehead atoms. The van der Waals surface area contributed by atoms with Crippen molar-refractivity contribution < 1.29 is 4.79 Å². The van der Waals surface area contributed by atoms with E-state index >= 15 is 0 Å². The molecule has 1 fully saturated rings. The van der Waals surface area contributed by atoms with E-state index < -0.39 is 0 Å². The third kappa shape index (κ3) is 5.32. The third-order valence-electron chi connectivity index (χ3n) is 5.71. The summed E-state index contributed by atoms with van der Waals surface area (Å²) < 4.78 is 0. The number of nitrogens with zero attached hydrogens (tertiary/aromatic N) is 3. The van der Waals surface area contributed by atoms with Crippen molar-refractivity contribution in [3.63, 3.8) is 0 Å². The largest absolute Gasteiger partial charge is 0.368 e. The molecule has 0 saturated carbocycles. The average molecular weight is 409 g/mol. The Bertz CT molecular complexity index is 841. The van der Waals surface area contributed by atoms with Gasteiger partial charge in [0.05, 0.1) is 5.56 Å². The van der Waals surface area contributed by atoms with Gasteiger partial charge in [-0.1, -0.05) is 45.9 Å². The van der Waals surface area contributed by atoms with E-state index in [9.17, 15) is 4.79 Å². The van der Waals surface area contributed by atoms with Gasteiger partial charge in [0.15, 0.2) is 0 Å². The van der Waals surface area contributed by atoms with Gasteiger partial charge in [-0.3, -0.25) is 4.79 Å². The molecule has 1 aliphatic heterocycles. The lowest BCUT2D eigenvalue weighted by Crippen LogP contribution is -2.49. The lowest BCUT2D eigenvalue weighted by molar-refractivity contribution is 0.0747. The summed E-state index contributed by atoms with van der Waals surface area (Å²) in [6.07, 6.45) is 2.79. The molecule has 1 N–H and O–H groups in total. The molecule has 2 heterocycles. The maximum absolute atomic E-state index is 13.3. The van der Waals surface area contributed by atoms with Crippen molar-refractivity contribution in [1.82, 2.24) is 9.88 Å². The fourth-order valence-electron chi connectivity index (χ4n) is 4.28. The number of anilines is 2. The Labute approximate surface area is 181 Å². The number of aromatic nitrogens is 1. The van der Waals surface area contributed by atoms with E-state index in [1.807, 2.05) is 17.0 Å². The highest BCUT2D eigenvalue weighted by atomic mass is 16.2. The fraction of sp³-hybridized carbons (Fsp3) is 0.520. The number of hydrogen-bond donors (Lipinski definition) is 1. The van der Waals surface area contributed by atoms with E-state index in [-0.39, 0.29) is 11.9 Å². The van der Waals surface area contributed by atoms with Gasteiger partial charge < -0.3 is 15.1 Å². The van der Waals surface area contributed by atoms with Crippen LogP contribution in [-0.2, 0) is 0 Å². The van der Waals surface area contributed by atoms with Crippen LogP contribution in [-0.4, -0.2) is 48.0 Å². The minimum absolute atomic E-state index is 0.0686. The lowest BCUT2D eigenvalue weighted by atomic mass is 10.00. The Balaban J connectivity index is 1.68. The number of amides is 1. The summed E-state index contributed by atoms with van der Waals surface area (Å²) in [6, 6.07) is 12.6. The lowest BCUT2D eigenvalue weighted by Gasteiger charge is -2.37. The van der Waals surface area contributed by atoms with Gasteiger partial charge >= 0.3 is 0 Å². The van der Waals surface area contributed by atoms with Gasteiger partial charge in [0, 0.05) is 44.1 Å². The summed E-state index contributed by atoms with van der Waals surface area (Å²) in [5.41, 5.74) is 3.34. The number of rotatable bonds is 7. The summed E-state index contributed by atoms with van der Waals surface area (Å²) in [6.45, 7) is 14.2. The van der Waals surface area contributed by atoms with E-state index in [4.69, 9.17) is 0 Å². The third-order valence-corrected chi connectivity index (χ3v) is 5.71. The van der Waals surface area contributed by atoms with Crippen LogP contribution in [0.1, 0.15) is 62.9 Å². The monoisotopic (exact) mass is 408 g/mol. The van der Waals surface area contributed by atoms with Crippen LogP contribution in [0.5, 0.6) is 0 Å². The molecule has 0 aliphatic carbocycles. The minimum Gasteiger partial charge on any atom is -0.368 e.